The number of benzene rings is 1. The number of carbonyl (C=O) groups excluding carboxylic acids is 1. The predicted octanol–water partition coefficient (Wildman–Crippen LogP) is 2.42. The van der Waals surface area contributed by atoms with E-state index in [4.69, 9.17) is 4.42 Å². The van der Waals surface area contributed by atoms with E-state index >= 15 is 0 Å². The Balaban J connectivity index is 2.26. The topological polar surface area (TPSA) is 60.2 Å². The summed E-state index contributed by atoms with van der Waals surface area (Å²) in [5.74, 6) is -0.239. The summed E-state index contributed by atoms with van der Waals surface area (Å²) in [7, 11) is 0. The van der Waals surface area contributed by atoms with Gasteiger partial charge in [0.05, 0.1) is 0 Å². The zero-order valence-electron chi connectivity index (χ0n) is 9.87. The maximum absolute atomic E-state index is 12.4. The second kappa shape index (κ2) is 4.49. The maximum Gasteiger partial charge on any atom is 0.336 e. The standard InChI is InChI=1S/C15H9NO3/c17-14-8-12(11-5-1-2-6-13(11)19-14)15(18)10-4-3-7-16-9-10/h1-9H. The fraction of sp³-hybridized carbons (Fsp3) is 0. The Morgan fingerprint density at radius 3 is 2.74 bits per heavy atom. The highest BCUT2D eigenvalue weighted by atomic mass is 16.4. The van der Waals surface area contributed by atoms with E-state index in [-0.39, 0.29) is 5.78 Å². The van der Waals surface area contributed by atoms with Gasteiger partial charge in [-0.25, -0.2) is 4.79 Å². The van der Waals surface area contributed by atoms with Crippen molar-refractivity contribution in [1.82, 2.24) is 4.98 Å². The van der Waals surface area contributed by atoms with E-state index in [1.54, 1.807) is 42.6 Å². The van der Waals surface area contributed by atoms with Crippen molar-refractivity contribution in [3.63, 3.8) is 0 Å². The van der Waals surface area contributed by atoms with Gasteiger partial charge < -0.3 is 4.42 Å². The smallest absolute Gasteiger partial charge is 0.336 e. The van der Waals surface area contributed by atoms with E-state index < -0.39 is 5.63 Å². The molecule has 0 aliphatic carbocycles. The van der Waals surface area contributed by atoms with Gasteiger partial charge in [-0.2, -0.15) is 0 Å². The lowest BCUT2D eigenvalue weighted by atomic mass is 10.0. The van der Waals surface area contributed by atoms with Crippen molar-refractivity contribution in [2.45, 2.75) is 0 Å². The predicted molar refractivity (Wildman–Crippen MR) is 70.2 cm³/mol. The number of hydrogen-bond acceptors (Lipinski definition) is 4. The molecular formula is C15H9NO3. The fourth-order valence-corrected chi connectivity index (χ4v) is 1.95. The van der Waals surface area contributed by atoms with Crippen LogP contribution < -0.4 is 5.63 Å². The third-order valence-electron chi connectivity index (χ3n) is 2.82. The van der Waals surface area contributed by atoms with Crippen molar-refractivity contribution in [3.05, 3.63) is 76.4 Å². The van der Waals surface area contributed by atoms with Crippen LogP contribution in [0.15, 0.2) is 64.1 Å². The van der Waals surface area contributed by atoms with Gasteiger partial charge in [-0.3, -0.25) is 9.78 Å². The number of aromatic nitrogens is 1. The van der Waals surface area contributed by atoms with Crippen LogP contribution in [0, 0.1) is 0 Å². The molecule has 0 bridgehead atoms. The highest BCUT2D eigenvalue weighted by molar-refractivity contribution is 6.15. The first-order chi connectivity index (χ1) is 9.25. The van der Waals surface area contributed by atoms with Crippen LogP contribution in [0.5, 0.6) is 0 Å². The molecule has 0 spiro atoms. The Morgan fingerprint density at radius 2 is 1.95 bits per heavy atom. The molecule has 4 nitrogen and oxygen atoms in total. The molecule has 2 heterocycles. The molecule has 0 amide bonds. The Kier molecular flexibility index (Phi) is 2.68. The number of pyridine rings is 1. The molecule has 0 radical (unpaired) electrons. The van der Waals surface area contributed by atoms with Gasteiger partial charge in [-0.15, -0.1) is 0 Å². The van der Waals surface area contributed by atoms with Crippen LogP contribution in [0.1, 0.15) is 15.9 Å². The maximum atomic E-state index is 12.4. The first-order valence-corrected chi connectivity index (χ1v) is 5.73. The number of nitrogens with zero attached hydrogens (tertiary/aromatic N) is 1. The van der Waals surface area contributed by atoms with E-state index in [9.17, 15) is 9.59 Å². The van der Waals surface area contributed by atoms with Crippen molar-refractivity contribution < 1.29 is 9.21 Å². The number of rotatable bonds is 2. The van der Waals surface area contributed by atoms with Crippen LogP contribution in [-0.2, 0) is 0 Å². The minimum Gasteiger partial charge on any atom is -0.423 e. The molecule has 0 atom stereocenters. The van der Waals surface area contributed by atoms with E-state index in [1.807, 2.05) is 0 Å². The van der Waals surface area contributed by atoms with Crippen molar-refractivity contribution in [3.8, 4) is 0 Å². The highest BCUT2D eigenvalue weighted by Crippen LogP contribution is 2.19. The second-order valence-electron chi connectivity index (χ2n) is 4.05. The summed E-state index contributed by atoms with van der Waals surface area (Å²) in [4.78, 5) is 27.8. The van der Waals surface area contributed by atoms with Crippen LogP contribution in [-0.4, -0.2) is 10.8 Å². The molecule has 1 aromatic carbocycles. The van der Waals surface area contributed by atoms with Crippen LogP contribution in [0.2, 0.25) is 0 Å². The Labute approximate surface area is 108 Å². The molecule has 0 unspecified atom stereocenters. The van der Waals surface area contributed by atoms with Gasteiger partial charge in [0.2, 0.25) is 0 Å². The molecule has 0 aliphatic rings. The summed E-state index contributed by atoms with van der Waals surface area (Å²) < 4.78 is 5.06. The van der Waals surface area contributed by atoms with Gasteiger partial charge >= 0.3 is 5.63 Å². The third-order valence-corrected chi connectivity index (χ3v) is 2.82. The molecule has 19 heavy (non-hydrogen) atoms. The fourth-order valence-electron chi connectivity index (χ4n) is 1.95. The van der Waals surface area contributed by atoms with Gasteiger partial charge in [-0.05, 0) is 18.2 Å². The SMILES string of the molecule is O=C(c1cccnc1)c1cc(=O)oc2ccccc12. The molecule has 0 aliphatic heterocycles. The Hall–Kier alpha value is -2.75. The average Bonchev–Trinajstić information content (AvgIpc) is 2.46. The lowest BCUT2D eigenvalue weighted by Gasteiger charge is -2.03. The molecule has 92 valence electrons. The summed E-state index contributed by atoms with van der Waals surface area (Å²) in [6.45, 7) is 0. The summed E-state index contributed by atoms with van der Waals surface area (Å²) in [6, 6.07) is 11.5. The van der Waals surface area contributed by atoms with Crippen LogP contribution in [0.4, 0.5) is 0 Å². The average molecular weight is 251 g/mol. The van der Waals surface area contributed by atoms with E-state index in [0.717, 1.165) is 0 Å². The Morgan fingerprint density at radius 1 is 1.11 bits per heavy atom. The van der Waals surface area contributed by atoms with Crippen LogP contribution in [0.3, 0.4) is 0 Å². The van der Waals surface area contributed by atoms with E-state index in [1.165, 1.54) is 12.3 Å². The minimum absolute atomic E-state index is 0.239. The Bertz CT molecular complexity index is 806. The number of carbonyl (C=O) groups is 1. The van der Waals surface area contributed by atoms with Crippen molar-refractivity contribution in [1.29, 1.82) is 0 Å². The number of fused-ring (bicyclic) bond motifs is 1. The summed E-state index contributed by atoms with van der Waals surface area (Å²) in [5, 5.41) is 0.621. The molecule has 0 saturated heterocycles. The number of para-hydroxylation sites is 1. The monoisotopic (exact) mass is 251 g/mol. The molecular weight excluding hydrogens is 242 g/mol. The zero-order chi connectivity index (χ0) is 13.2. The molecule has 0 saturated carbocycles. The first kappa shape index (κ1) is 11.3. The largest absolute Gasteiger partial charge is 0.423 e. The van der Waals surface area contributed by atoms with Crippen molar-refractivity contribution in [2.24, 2.45) is 0 Å². The zero-order valence-corrected chi connectivity index (χ0v) is 9.87. The quantitative estimate of drug-likeness (QED) is 0.518. The van der Waals surface area contributed by atoms with Gasteiger partial charge in [-0.1, -0.05) is 18.2 Å². The summed E-state index contributed by atoms with van der Waals surface area (Å²) >= 11 is 0. The van der Waals surface area contributed by atoms with Gasteiger partial charge in [0, 0.05) is 35.0 Å². The summed E-state index contributed by atoms with van der Waals surface area (Å²) in [6.07, 6.45) is 3.07. The van der Waals surface area contributed by atoms with Gasteiger partial charge in [0.25, 0.3) is 0 Å². The van der Waals surface area contributed by atoms with Gasteiger partial charge in [0.1, 0.15) is 5.58 Å². The summed E-state index contributed by atoms with van der Waals surface area (Å²) in [5.41, 5.74) is 0.645. The normalized spacial score (nSPS) is 10.5. The molecule has 3 aromatic rings. The second-order valence-corrected chi connectivity index (χ2v) is 4.05. The molecule has 4 heteroatoms. The lowest BCUT2D eigenvalue weighted by Crippen LogP contribution is -2.08. The van der Waals surface area contributed by atoms with Crippen molar-refractivity contribution >= 4 is 16.8 Å². The lowest BCUT2D eigenvalue weighted by molar-refractivity contribution is 0.103. The van der Waals surface area contributed by atoms with E-state index in [2.05, 4.69) is 4.98 Å². The molecule has 3 rings (SSSR count). The van der Waals surface area contributed by atoms with Gasteiger partial charge in [0.15, 0.2) is 5.78 Å². The van der Waals surface area contributed by atoms with Crippen LogP contribution in [0.25, 0.3) is 11.0 Å². The highest BCUT2D eigenvalue weighted by Gasteiger charge is 2.14. The number of ketones is 1. The minimum atomic E-state index is -0.536. The van der Waals surface area contributed by atoms with Crippen LogP contribution >= 0.6 is 0 Å². The first-order valence-electron chi connectivity index (χ1n) is 5.73. The molecule has 0 N–H and O–H groups in total. The third kappa shape index (κ3) is 2.04. The van der Waals surface area contributed by atoms with Crippen molar-refractivity contribution in [2.75, 3.05) is 0 Å². The molecule has 0 fully saturated rings. The van der Waals surface area contributed by atoms with E-state index in [0.29, 0.717) is 22.1 Å². The molecule has 2 aromatic heterocycles. The number of hydrogen-bond donors (Lipinski definition) is 0.